The van der Waals surface area contributed by atoms with Crippen LogP contribution in [0.4, 0.5) is 5.95 Å². The maximum Gasteiger partial charge on any atom is 0.226 e. The summed E-state index contributed by atoms with van der Waals surface area (Å²) >= 11 is 0. The summed E-state index contributed by atoms with van der Waals surface area (Å²) < 4.78 is 5.34. The maximum atomic E-state index is 5.34. The molecule has 0 atom stereocenters. The summed E-state index contributed by atoms with van der Waals surface area (Å²) in [6.45, 7) is 4.53. The highest BCUT2D eigenvalue weighted by atomic mass is 16.5. The minimum atomic E-state index is 0.575. The van der Waals surface area contributed by atoms with Gasteiger partial charge < -0.3 is 10.1 Å². The molecule has 0 bridgehead atoms. The summed E-state index contributed by atoms with van der Waals surface area (Å²) in [5.41, 5.74) is 0.937. The van der Waals surface area contributed by atoms with Crippen LogP contribution in [-0.2, 0) is 0 Å². The molecule has 0 amide bonds. The van der Waals surface area contributed by atoms with Gasteiger partial charge in [-0.25, -0.2) is 4.98 Å². The van der Waals surface area contributed by atoms with E-state index in [4.69, 9.17) is 4.74 Å². The van der Waals surface area contributed by atoms with E-state index < -0.39 is 0 Å². The van der Waals surface area contributed by atoms with Crippen LogP contribution in [0, 0.1) is 6.92 Å². The van der Waals surface area contributed by atoms with Crippen LogP contribution in [0.2, 0.25) is 0 Å². The van der Waals surface area contributed by atoms with Crippen molar-refractivity contribution in [2.75, 3.05) is 11.9 Å². The van der Waals surface area contributed by atoms with Gasteiger partial charge in [-0.1, -0.05) is 0 Å². The molecule has 0 spiro atoms. The Bertz CT molecular complexity index is 323. The van der Waals surface area contributed by atoms with Gasteiger partial charge in [-0.2, -0.15) is 4.98 Å². The number of rotatable bonds is 4. The number of aryl methyl sites for hydroxylation is 1. The van der Waals surface area contributed by atoms with Crippen molar-refractivity contribution in [3.05, 3.63) is 11.8 Å². The van der Waals surface area contributed by atoms with Crippen molar-refractivity contribution in [1.29, 1.82) is 0 Å². The van der Waals surface area contributed by atoms with Gasteiger partial charge in [-0.05, 0) is 26.7 Å². The van der Waals surface area contributed by atoms with Crippen molar-refractivity contribution in [3.63, 3.8) is 0 Å². The molecule has 0 aliphatic heterocycles. The van der Waals surface area contributed by atoms with Crippen LogP contribution in [0.3, 0.4) is 0 Å². The SMILES string of the molecule is CCOc1cc(C)nc(NC2CC2)n1. The van der Waals surface area contributed by atoms with E-state index in [1.807, 2.05) is 19.9 Å². The molecule has 1 N–H and O–H groups in total. The molecular formula is C10H15N3O. The van der Waals surface area contributed by atoms with Gasteiger partial charge in [0.1, 0.15) is 0 Å². The lowest BCUT2D eigenvalue weighted by molar-refractivity contribution is 0.326. The van der Waals surface area contributed by atoms with E-state index in [2.05, 4.69) is 15.3 Å². The number of nitrogens with zero attached hydrogens (tertiary/aromatic N) is 2. The Labute approximate surface area is 83.7 Å². The third-order valence-corrected chi connectivity index (χ3v) is 2.03. The fourth-order valence-electron chi connectivity index (χ4n) is 1.24. The predicted octanol–water partition coefficient (Wildman–Crippen LogP) is 1.76. The monoisotopic (exact) mass is 193 g/mol. The minimum Gasteiger partial charge on any atom is -0.478 e. The smallest absolute Gasteiger partial charge is 0.226 e. The molecular weight excluding hydrogens is 178 g/mol. The van der Waals surface area contributed by atoms with Crippen LogP contribution in [0.1, 0.15) is 25.5 Å². The second kappa shape index (κ2) is 3.82. The molecule has 2 rings (SSSR count). The molecule has 1 aliphatic carbocycles. The number of anilines is 1. The highest BCUT2D eigenvalue weighted by Crippen LogP contribution is 2.23. The molecule has 4 nitrogen and oxygen atoms in total. The first-order valence-electron chi connectivity index (χ1n) is 5.03. The first-order chi connectivity index (χ1) is 6.78. The molecule has 1 aliphatic rings. The van der Waals surface area contributed by atoms with E-state index in [1.165, 1.54) is 12.8 Å². The molecule has 1 aromatic heterocycles. The van der Waals surface area contributed by atoms with Gasteiger partial charge in [0.2, 0.25) is 11.8 Å². The topological polar surface area (TPSA) is 47.0 Å². The Morgan fingerprint density at radius 1 is 1.50 bits per heavy atom. The summed E-state index contributed by atoms with van der Waals surface area (Å²) in [4.78, 5) is 8.55. The Morgan fingerprint density at radius 2 is 2.29 bits per heavy atom. The highest BCUT2D eigenvalue weighted by molar-refractivity contribution is 5.33. The molecule has 1 heterocycles. The molecule has 14 heavy (non-hydrogen) atoms. The molecule has 1 aromatic rings. The fourth-order valence-corrected chi connectivity index (χ4v) is 1.24. The quantitative estimate of drug-likeness (QED) is 0.791. The maximum absolute atomic E-state index is 5.34. The van der Waals surface area contributed by atoms with Crippen molar-refractivity contribution in [3.8, 4) is 5.88 Å². The molecule has 4 heteroatoms. The van der Waals surface area contributed by atoms with Gasteiger partial charge in [-0.15, -0.1) is 0 Å². The van der Waals surface area contributed by atoms with Crippen LogP contribution in [0.25, 0.3) is 0 Å². The van der Waals surface area contributed by atoms with Crippen molar-refractivity contribution < 1.29 is 4.74 Å². The third-order valence-electron chi connectivity index (χ3n) is 2.03. The molecule has 0 radical (unpaired) electrons. The van der Waals surface area contributed by atoms with Gasteiger partial charge >= 0.3 is 0 Å². The van der Waals surface area contributed by atoms with E-state index in [0.717, 1.165) is 5.69 Å². The standard InChI is InChI=1S/C10H15N3O/c1-3-14-9-6-7(2)11-10(13-9)12-8-4-5-8/h6,8H,3-5H2,1-2H3,(H,11,12,13). The number of hydrogen-bond acceptors (Lipinski definition) is 4. The van der Waals surface area contributed by atoms with Crippen LogP contribution in [0.5, 0.6) is 5.88 Å². The predicted molar refractivity (Wildman–Crippen MR) is 54.6 cm³/mol. The Kier molecular flexibility index (Phi) is 2.52. The molecule has 1 saturated carbocycles. The van der Waals surface area contributed by atoms with Gasteiger partial charge in [0.15, 0.2) is 0 Å². The Morgan fingerprint density at radius 3 is 2.93 bits per heavy atom. The average Bonchev–Trinajstić information content (AvgIpc) is 2.87. The largest absolute Gasteiger partial charge is 0.478 e. The summed E-state index contributed by atoms with van der Waals surface area (Å²) in [7, 11) is 0. The number of aromatic nitrogens is 2. The normalized spacial score (nSPS) is 15.3. The number of nitrogens with one attached hydrogen (secondary N) is 1. The van der Waals surface area contributed by atoms with Crippen molar-refractivity contribution >= 4 is 5.95 Å². The van der Waals surface area contributed by atoms with Crippen LogP contribution in [0.15, 0.2) is 6.07 Å². The molecule has 0 aromatic carbocycles. The lowest BCUT2D eigenvalue weighted by Gasteiger charge is -2.06. The molecule has 0 saturated heterocycles. The first-order valence-corrected chi connectivity index (χ1v) is 5.03. The zero-order valence-corrected chi connectivity index (χ0v) is 8.58. The van der Waals surface area contributed by atoms with Crippen molar-refractivity contribution in [2.24, 2.45) is 0 Å². The molecule has 76 valence electrons. The lowest BCUT2D eigenvalue weighted by Crippen LogP contribution is -2.07. The minimum absolute atomic E-state index is 0.575. The number of ether oxygens (including phenoxy) is 1. The van der Waals surface area contributed by atoms with Gasteiger partial charge in [0.25, 0.3) is 0 Å². The Balaban J connectivity index is 2.12. The molecule has 0 unspecified atom stereocenters. The van der Waals surface area contributed by atoms with E-state index in [1.54, 1.807) is 0 Å². The van der Waals surface area contributed by atoms with Gasteiger partial charge in [0.05, 0.1) is 6.61 Å². The summed E-state index contributed by atoms with van der Waals surface area (Å²) in [5, 5.41) is 3.25. The Hall–Kier alpha value is -1.32. The first kappa shape index (κ1) is 9.24. The highest BCUT2D eigenvalue weighted by Gasteiger charge is 2.22. The van der Waals surface area contributed by atoms with E-state index in [0.29, 0.717) is 24.5 Å². The summed E-state index contributed by atoms with van der Waals surface area (Å²) in [5.74, 6) is 1.35. The second-order valence-corrected chi connectivity index (χ2v) is 3.52. The van der Waals surface area contributed by atoms with Crippen LogP contribution in [-0.4, -0.2) is 22.6 Å². The van der Waals surface area contributed by atoms with Crippen molar-refractivity contribution in [2.45, 2.75) is 32.7 Å². The fraction of sp³-hybridized carbons (Fsp3) is 0.600. The zero-order chi connectivity index (χ0) is 9.97. The van der Waals surface area contributed by atoms with Gasteiger partial charge in [0, 0.05) is 17.8 Å². The van der Waals surface area contributed by atoms with E-state index >= 15 is 0 Å². The molecule has 1 fully saturated rings. The van der Waals surface area contributed by atoms with Crippen LogP contribution < -0.4 is 10.1 Å². The average molecular weight is 193 g/mol. The number of hydrogen-bond donors (Lipinski definition) is 1. The second-order valence-electron chi connectivity index (χ2n) is 3.52. The summed E-state index contributed by atoms with van der Waals surface area (Å²) in [6, 6.07) is 2.42. The third kappa shape index (κ3) is 2.34. The summed E-state index contributed by atoms with van der Waals surface area (Å²) in [6.07, 6.45) is 2.45. The van der Waals surface area contributed by atoms with E-state index in [9.17, 15) is 0 Å². The zero-order valence-electron chi connectivity index (χ0n) is 8.58. The van der Waals surface area contributed by atoms with Crippen LogP contribution >= 0.6 is 0 Å². The van der Waals surface area contributed by atoms with E-state index in [-0.39, 0.29) is 0 Å². The van der Waals surface area contributed by atoms with Gasteiger partial charge in [-0.3, -0.25) is 0 Å². The van der Waals surface area contributed by atoms with Crippen molar-refractivity contribution in [1.82, 2.24) is 9.97 Å². The lowest BCUT2D eigenvalue weighted by atomic mass is 10.4.